The molecule has 8 heteroatoms. The SMILES string of the molecule is Cc1ccc(-n2c(S[C@@H](C)C(=O)Nc3ccc(C(N)=O)cc3)nc3ccccc3c2=O)cc1. The number of amides is 2. The fourth-order valence-electron chi connectivity index (χ4n) is 3.29. The van der Waals surface area contributed by atoms with E-state index in [0.717, 1.165) is 5.56 Å². The van der Waals surface area contributed by atoms with Crippen molar-refractivity contribution in [3.8, 4) is 5.69 Å². The van der Waals surface area contributed by atoms with Crippen LogP contribution in [0.15, 0.2) is 82.7 Å². The highest BCUT2D eigenvalue weighted by Crippen LogP contribution is 2.26. The van der Waals surface area contributed by atoms with Crippen molar-refractivity contribution in [1.29, 1.82) is 0 Å². The number of aromatic nitrogens is 2. The normalized spacial score (nSPS) is 11.8. The predicted octanol–water partition coefficient (Wildman–Crippen LogP) is 3.91. The van der Waals surface area contributed by atoms with E-state index in [-0.39, 0.29) is 11.5 Å². The molecule has 1 heterocycles. The summed E-state index contributed by atoms with van der Waals surface area (Å²) in [5.41, 5.74) is 8.29. The molecule has 4 rings (SSSR count). The maximum absolute atomic E-state index is 13.3. The second-order valence-corrected chi connectivity index (χ2v) is 8.89. The van der Waals surface area contributed by atoms with Crippen molar-refractivity contribution >= 4 is 40.2 Å². The number of nitrogens with two attached hydrogens (primary N) is 1. The summed E-state index contributed by atoms with van der Waals surface area (Å²) in [5, 5.41) is 3.20. The number of nitrogens with one attached hydrogen (secondary N) is 1. The van der Waals surface area contributed by atoms with Gasteiger partial charge in [0.2, 0.25) is 11.8 Å². The third-order valence-corrected chi connectivity index (χ3v) is 6.18. The van der Waals surface area contributed by atoms with E-state index in [2.05, 4.69) is 10.3 Å². The molecule has 3 N–H and O–H groups in total. The van der Waals surface area contributed by atoms with Gasteiger partial charge in [0.1, 0.15) is 0 Å². The molecular weight excluding hydrogens is 436 g/mol. The number of para-hydroxylation sites is 1. The lowest BCUT2D eigenvalue weighted by Crippen LogP contribution is -2.26. The second kappa shape index (κ2) is 9.30. The standard InChI is InChI=1S/C25H22N4O3S/c1-15-7-13-19(14-8-15)29-24(32)20-5-3-4-6-21(20)28-25(29)33-16(2)23(31)27-18-11-9-17(10-12-18)22(26)30/h3-14,16H,1-2H3,(H2,26,30)(H,27,31)/t16-/m0/s1. The molecule has 3 aromatic carbocycles. The van der Waals surface area contributed by atoms with Crippen LogP contribution in [0.4, 0.5) is 5.69 Å². The third-order valence-electron chi connectivity index (χ3n) is 5.13. The van der Waals surface area contributed by atoms with Gasteiger partial charge >= 0.3 is 0 Å². The zero-order chi connectivity index (χ0) is 23.5. The van der Waals surface area contributed by atoms with E-state index in [1.165, 1.54) is 16.3 Å². The lowest BCUT2D eigenvalue weighted by atomic mass is 10.2. The maximum atomic E-state index is 13.3. The average molecular weight is 459 g/mol. The zero-order valence-corrected chi connectivity index (χ0v) is 18.9. The van der Waals surface area contributed by atoms with Gasteiger partial charge in [-0.2, -0.15) is 0 Å². The number of anilines is 1. The number of fused-ring (bicyclic) bond motifs is 1. The van der Waals surface area contributed by atoms with E-state index in [0.29, 0.717) is 33.0 Å². The Labute approximate surface area is 194 Å². The number of nitrogens with zero attached hydrogens (tertiary/aromatic N) is 2. The Kier molecular flexibility index (Phi) is 6.28. The van der Waals surface area contributed by atoms with Crippen LogP contribution in [0.2, 0.25) is 0 Å². The lowest BCUT2D eigenvalue weighted by Gasteiger charge is -2.16. The number of aryl methyl sites for hydroxylation is 1. The summed E-state index contributed by atoms with van der Waals surface area (Å²) in [6.45, 7) is 3.72. The van der Waals surface area contributed by atoms with Crippen LogP contribution < -0.4 is 16.6 Å². The molecule has 0 spiro atoms. The van der Waals surface area contributed by atoms with Crippen LogP contribution in [0.25, 0.3) is 16.6 Å². The molecule has 0 saturated carbocycles. The molecule has 4 aromatic rings. The van der Waals surface area contributed by atoms with Gasteiger partial charge in [-0.25, -0.2) is 4.98 Å². The first-order valence-corrected chi connectivity index (χ1v) is 11.2. The zero-order valence-electron chi connectivity index (χ0n) is 18.1. The van der Waals surface area contributed by atoms with Crippen molar-refractivity contribution in [1.82, 2.24) is 9.55 Å². The maximum Gasteiger partial charge on any atom is 0.266 e. The minimum atomic E-state index is -0.550. The van der Waals surface area contributed by atoms with Gasteiger partial charge in [0, 0.05) is 11.3 Å². The Bertz CT molecular complexity index is 1400. The number of thioether (sulfide) groups is 1. The molecular formula is C25H22N4O3S. The third kappa shape index (κ3) is 4.80. The van der Waals surface area contributed by atoms with Crippen LogP contribution in [0, 0.1) is 6.92 Å². The molecule has 0 fully saturated rings. The first kappa shape index (κ1) is 22.3. The Morgan fingerprint density at radius 2 is 1.67 bits per heavy atom. The van der Waals surface area contributed by atoms with Crippen molar-refractivity contribution in [2.75, 3.05) is 5.32 Å². The molecule has 0 aliphatic rings. The molecule has 0 saturated heterocycles. The number of benzene rings is 3. The van der Waals surface area contributed by atoms with Gasteiger partial charge in [-0.05, 0) is 62.4 Å². The van der Waals surface area contributed by atoms with Crippen molar-refractivity contribution in [2.24, 2.45) is 5.73 Å². The van der Waals surface area contributed by atoms with Gasteiger partial charge in [-0.15, -0.1) is 0 Å². The van der Waals surface area contributed by atoms with Crippen molar-refractivity contribution in [3.63, 3.8) is 0 Å². The van der Waals surface area contributed by atoms with Gasteiger partial charge in [-0.1, -0.05) is 41.6 Å². The summed E-state index contributed by atoms with van der Waals surface area (Å²) < 4.78 is 1.54. The highest BCUT2D eigenvalue weighted by atomic mass is 32.2. The molecule has 33 heavy (non-hydrogen) atoms. The number of rotatable bonds is 6. The topological polar surface area (TPSA) is 107 Å². The monoisotopic (exact) mass is 458 g/mol. The van der Waals surface area contributed by atoms with E-state index < -0.39 is 11.2 Å². The molecule has 0 unspecified atom stereocenters. The number of carbonyl (C=O) groups excluding carboxylic acids is 2. The van der Waals surface area contributed by atoms with Gasteiger partial charge in [0.15, 0.2) is 5.16 Å². The molecule has 1 aromatic heterocycles. The van der Waals surface area contributed by atoms with E-state index in [1.54, 1.807) is 49.4 Å². The van der Waals surface area contributed by atoms with Crippen LogP contribution in [0.5, 0.6) is 0 Å². The van der Waals surface area contributed by atoms with Crippen LogP contribution >= 0.6 is 11.8 Å². The van der Waals surface area contributed by atoms with E-state index >= 15 is 0 Å². The summed E-state index contributed by atoms with van der Waals surface area (Å²) in [6, 6.07) is 21.1. The Hall–Kier alpha value is -3.91. The number of hydrogen-bond donors (Lipinski definition) is 2. The highest BCUT2D eigenvalue weighted by Gasteiger charge is 2.20. The highest BCUT2D eigenvalue weighted by molar-refractivity contribution is 8.00. The minimum Gasteiger partial charge on any atom is -0.366 e. The quantitative estimate of drug-likeness (QED) is 0.336. The van der Waals surface area contributed by atoms with Gasteiger partial charge < -0.3 is 11.1 Å². The second-order valence-electron chi connectivity index (χ2n) is 7.58. The Morgan fingerprint density at radius 1 is 1.00 bits per heavy atom. The van der Waals surface area contributed by atoms with Crippen molar-refractivity contribution in [3.05, 3.63) is 94.3 Å². The van der Waals surface area contributed by atoms with Crippen LogP contribution in [-0.2, 0) is 4.79 Å². The van der Waals surface area contributed by atoms with Gasteiger partial charge in [0.05, 0.1) is 21.8 Å². The molecule has 2 amide bonds. The summed E-state index contributed by atoms with van der Waals surface area (Å²) in [7, 11) is 0. The van der Waals surface area contributed by atoms with Crippen LogP contribution in [-0.4, -0.2) is 26.6 Å². The molecule has 0 aliphatic heterocycles. The molecule has 1 atom stereocenters. The van der Waals surface area contributed by atoms with Crippen LogP contribution in [0.1, 0.15) is 22.8 Å². The van der Waals surface area contributed by atoms with E-state index in [9.17, 15) is 14.4 Å². The summed E-state index contributed by atoms with van der Waals surface area (Å²) >= 11 is 1.20. The number of hydrogen-bond acceptors (Lipinski definition) is 5. The Balaban J connectivity index is 1.66. The molecule has 0 radical (unpaired) electrons. The van der Waals surface area contributed by atoms with E-state index in [1.807, 2.05) is 37.3 Å². The minimum absolute atomic E-state index is 0.193. The fourth-order valence-corrected chi connectivity index (χ4v) is 4.21. The predicted molar refractivity (Wildman–Crippen MR) is 131 cm³/mol. The van der Waals surface area contributed by atoms with Gasteiger partial charge in [0.25, 0.3) is 5.56 Å². The molecule has 7 nitrogen and oxygen atoms in total. The molecule has 166 valence electrons. The lowest BCUT2D eigenvalue weighted by molar-refractivity contribution is -0.115. The first-order valence-electron chi connectivity index (χ1n) is 10.3. The summed E-state index contributed by atoms with van der Waals surface area (Å²) in [6.07, 6.45) is 0. The largest absolute Gasteiger partial charge is 0.366 e. The number of primary amides is 1. The summed E-state index contributed by atoms with van der Waals surface area (Å²) in [5.74, 6) is -0.794. The van der Waals surface area contributed by atoms with Crippen molar-refractivity contribution in [2.45, 2.75) is 24.3 Å². The smallest absolute Gasteiger partial charge is 0.266 e. The Morgan fingerprint density at radius 3 is 2.33 bits per heavy atom. The summed E-state index contributed by atoms with van der Waals surface area (Å²) in [4.78, 5) is 42.1. The van der Waals surface area contributed by atoms with Crippen LogP contribution in [0.3, 0.4) is 0 Å². The van der Waals surface area contributed by atoms with Gasteiger partial charge in [-0.3, -0.25) is 19.0 Å². The number of carbonyl (C=O) groups is 2. The van der Waals surface area contributed by atoms with Crippen molar-refractivity contribution < 1.29 is 9.59 Å². The molecule has 0 bridgehead atoms. The molecule has 0 aliphatic carbocycles. The average Bonchev–Trinajstić information content (AvgIpc) is 2.80. The fraction of sp³-hybridized carbons (Fsp3) is 0.120. The van der Waals surface area contributed by atoms with E-state index in [4.69, 9.17) is 5.73 Å². The first-order chi connectivity index (χ1) is 15.8.